The minimum atomic E-state index is -0.564. The summed E-state index contributed by atoms with van der Waals surface area (Å²) in [5.41, 5.74) is 1.00. The number of carbonyl (C=O) groups is 2. The van der Waals surface area contributed by atoms with Gasteiger partial charge in [0.1, 0.15) is 5.75 Å². The molecule has 1 N–H and O–H groups in total. The summed E-state index contributed by atoms with van der Waals surface area (Å²) >= 11 is 0. The highest BCUT2D eigenvalue weighted by atomic mass is 16.6. The Morgan fingerprint density at radius 3 is 2.68 bits per heavy atom. The minimum absolute atomic E-state index is 0.0341. The Morgan fingerprint density at radius 2 is 2.00 bits per heavy atom. The first kappa shape index (κ1) is 19.3. The molecule has 0 unspecified atom stereocenters. The molecule has 1 fully saturated rings. The van der Waals surface area contributed by atoms with E-state index < -0.39 is 10.8 Å². The largest absolute Gasteiger partial charge is 0.497 e. The van der Waals surface area contributed by atoms with Gasteiger partial charge in [0.2, 0.25) is 5.91 Å². The van der Waals surface area contributed by atoms with Gasteiger partial charge in [-0.1, -0.05) is 18.2 Å². The smallest absolute Gasteiger partial charge is 0.270 e. The molecule has 2 aromatic rings. The summed E-state index contributed by atoms with van der Waals surface area (Å²) in [6.07, 6.45) is 1.75. The van der Waals surface area contributed by atoms with E-state index in [0.717, 1.165) is 24.2 Å². The van der Waals surface area contributed by atoms with E-state index in [-0.39, 0.29) is 29.7 Å². The summed E-state index contributed by atoms with van der Waals surface area (Å²) in [7, 11) is 1.60. The van der Waals surface area contributed by atoms with Crippen molar-refractivity contribution in [1.29, 1.82) is 0 Å². The predicted molar refractivity (Wildman–Crippen MR) is 102 cm³/mol. The Kier molecular flexibility index (Phi) is 5.88. The summed E-state index contributed by atoms with van der Waals surface area (Å²) in [4.78, 5) is 36.9. The third-order valence-electron chi connectivity index (χ3n) is 4.79. The minimum Gasteiger partial charge on any atom is -0.497 e. The van der Waals surface area contributed by atoms with Crippen LogP contribution < -0.4 is 10.1 Å². The quantitative estimate of drug-likeness (QED) is 0.610. The lowest BCUT2D eigenvalue weighted by molar-refractivity contribution is -0.384. The van der Waals surface area contributed by atoms with E-state index >= 15 is 0 Å². The Hall–Kier alpha value is -3.42. The van der Waals surface area contributed by atoms with Crippen LogP contribution in [0.3, 0.4) is 0 Å². The van der Waals surface area contributed by atoms with E-state index in [1.54, 1.807) is 12.0 Å². The first-order valence-corrected chi connectivity index (χ1v) is 8.95. The molecule has 146 valence electrons. The molecule has 1 saturated heterocycles. The van der Waals surface area contributed by atoms with Crippen LogP contribution >= 0.6 is 0 Å². The molecule has 0 spiro atoms. The predicted octanol–water partition coefficient (Wildman–Crippen LogP) is 2.70. The van der Waals surface area contributed by atoms with Gasteiger partial charge in [0.05, 0.1) is 24.6 Å². The van der Waals surface area contributed by atoms with Crippen molar-refractivity contribution in [2.45, 2.75) is 18.9 Å². The summed E-state index contributed by atoms with van der Waals surface area (Å²) in [5, 5.41) is 13.4. The van der Waals surface area contributed by atoms with E-state index in [0.29, 0.717) is 6.54 Å². The van der Waals surface area contributed by atoms with Crippen molar-refractivity contribution in [3.63, 3.8) is 0 Å². The monoisotopic (exact) mass is 383 g/mol. The first-order chi connectivity index (χ1) is 13.5. The molecule has 3 rings (SSSR count). The fourth-order valence-electron chi connectivity index (χ4n) is 3.36. The number of ether oxygens (including phenoxy) is 1. The lowest BCUT2D eigenvalue weighted by atomic mass is 10.0. The molecule has 0 radical (unpaired) electrons. The SMILES string of the molecule is COc1ccc([C@@H]2CCCN2C(=O)CNC(=O)c2cccc([N+](=O)[O-])c2)cc1. The van der Waals surface area contributed by atoms with Crippen LogP contribution in [0.4, 0.5) is 5.69 Å². The van der Waals surface area contributed by atoms with Crippen molar-refractivity contribution in [2.24, 2.45) is 0 Å². The lowest BCUT2D eigenvalue weighted by Gasteiger charge is -2.25. The van der Waals surface area contributed by atoms with Gasteiger partial charge in [-0.15, -0.1) is 0 Å². The maximum atomic E-state index is 12.6. The van der Waals surface area contributed by atoms with Crippen molar-refractivity contribution in [3.8, 4) is 5.75 Å². The molecule has 2 aromatic carbocycles. The zero-order chi connectivity index (χ0) is 20.1. The number of hydrogen-bond acceptors (Lipinski definition) is 5. The van der Waals surface area contributed by atoms with Crippen molar-refractivity contribution < 1.29 is 19.2 Å². The highest BCUT2D eigenvalue weighted by Crippen LogP contribution is 2.32. The van der Waals surface area contributed by atoms with Gasteiger partial charge in [-0.05, 0) is 36.6 Å². The number of nitrogens with one attached hydrogen (secondary N) is 1. The fraction of sp³-hybridized carbons (Fsp3) is 0.300. The van der Waals surface area contributed by atoms with E-state index in [4.69, 9.17) is 4.74 Å². The number of benzene rings is 2. The molecular weight excluding hydrogens is 362 g/mol. The van der Waals surface area contributed by atoms with Gasteiger partial charge >= 0.3 is 0 Å². The zero-order valence-electron chi connectivity index (χ0n) is 15.5. The molecule has 28 heavy (non-hydrogen) atoms. The van der Waals surface area contributed by atoms with Crippen LogP contribution in [0.1, 0.15) is 34.8 Å². The van der Waals surface area contributed by atoms with Crippen molar-refractivity contribution >= 4 is 17.5 Å². The Bertz CT molecular complexity index is 882. The second kappa shape index (κ2) is 8.51. The molecule has 8 nitrogen and oxygen atoms in total. The van der Waals surface area contributed by atoms with Crippen molar-refractivity contribution in [1.82, 2.24) is 10.2 Å². The molecule has 1 heterocycles. The lowest BCUT2D eigenvalue weighted by Crippen LogP contribution is -2.39. The number of carbonyl (C=O) groups excluding carboxylic acids is 2. The third kappa shape index (κ3) is 4.28. The summed E-state index contributed by atoms with van der Waals surface area (Å²) in [6, 6.07) is 13.0. The molecule has 0 aliphatic carbocycles. The highest BCUT2D eigenvalue weighted by Gasteiger charge is 2.30. The molecule has 0 bridgehead atoms. The summed E-state index contributed by atoms with van der Waals surface area (Å²) < 4.78 is 5.17. The Morgan fingerprint density at radius 1 is 1.25 bits per heavy atom. The van der Waals surface area contributed by atoms with Crippen molar-refractivity contribution in [2.75, 3.05) is 20.2 Å². The van der Waals surface area contributed by atoms with Crippen LogP contribution in [0.2, 0.25) is 0 Å². The van der Waals surface area contributed by atoms with Gasteiger partial charge in [-0.25, -0.2) is 0 Å². The van der Waals surface area contributed by atoms with Crippen LogP contribution in [-0.2, 0) is 4.79 Å². The number of amides is 2. The fourth-order valence-corrected chi connectivity index (χ4v) is 3.36. The van der Waals surface area contributed by atoms with E-state index in [1.165, 1.54) is 24.3 Å². The van der Waals surface area contributed by atoms with Gasteiger partial charge in [0.15, 0.2) is 0 Å². The van der Waals surface area contributed by atoms with Gasteiger partial charge in [0.25, 0.3) is 11.6 Å². The third-order valence-corrected chi connectivity index (χ3v) is 4.79. The standard InChI is InChI=1S/C20H21N3O5/c1-28-17-9-7-14(8-10-17)18-6-3-11-22(18)19(24)13-21-20(25)15-4-2-5-16(12-15)23(26)27/h2,4-5,7-10,12,18H,3,6,11,13H2,1H3,(H,21,25)/t18-/m0/s1. The Labute approximate surface area is 162 Å². The number of nitrogens with zero attached hydrogens (tertiary/aromatic N) is 2. The maximum absolute atomic E-state index is 12.6. The number of nitro groups is 1. The summed E-state index contributed by atoms with van der Waals surface area (Å²) in [6.45, 7) is 0.469. The number of hydrogen-bond donors (Lipinski definition) is 1. The van der Waals surface area contributed by atoms with E-state index in [1.807, 2.05) is 24.3 Å². The number of nitro benzene ring substituents is 1. The van der Waals surface area contributed by atoms with Crippen LogP contribution in [0, 0.1) is 10.1 Å². The molecule has 1 aliphatic heterocycles. The average molecular weight is 383 g/mol. The number of non-ortho nitro benzene ring substituents is 1. The highest BCUT2D eigenvalue weighted by molar-refractivity contribution is 5.97. The van der Waals surface area contributed by atoms with Crippen LogP contribution in [0.5, 0.6) is 5.75 Å². The Balaban J connectivity index is 1.62. The molecule has 8 heteroatoms. The van der Waals surface area contributed by atoms with Crippen molar-refractivity contribution in [3.05, 3.63) is 69.8 Å². The van der Waals surface area contributed by atoms with E-state index in [9.17, 15) is 19.7 Å². The van der Waals surface area contributed by atoms with Gasteiger partial charge in [-0.3, -0.25) is 19.7 Å². The second-order valence-electron chi connectivity index (χ2n) is 6.51. The molecule has 1 aliphatic rings. The van der Waals surface area contributed by atoms with Gasteiger partial charge < -0.3 is 15.0 Å². The molecule has 1 atom stereocenters. The maximum Gasteiger partial charge on any atom is 0.270 e. The molecule has 0 aromatic heterocycles. The topological polar surface area (TPSA) is 102 Å². The number of methoxy groups -OCH3 is 1. The zero-order valence-corrected chi connectivity index (χ0v) is 15.5. The van der Waals surface area contributed by atoms with Crippen LogP contribution in [-0.4, -0.2) is 41.8 Å². The van der Waals surface area contributed by atoms with Crippen LogP contribution in [0.25, 0.3) is 0 Å². The number of likely N-dealkylation sites (tertiary alicyclic amines) is 1. The van der Waals surface area contributed by atoms with Gasteiger partial charge in [0, 0.05) is 24.2 Å². The van der Waals surface area contributed by atoms with E-state index in [2.05, 4.69) is 5.32 Å². The number of rotatable bonds is 6. The average Bonchev–Trinajstić information content (AvgIpc) is 3.22. The first-order valence-electron chi connectivity index (χ1n) is 8.95. The van der Waals surface area contributed by atoms with Gasteiger partial charge in [-0.2, -0.15) is 0 Å². The molecule has 0 saturated carbocycles. The second-order valence-corrected chi connectivity index (χ2v) is 6.51. The normalized spacial score (nSPS) is 15.9. The molecular formula is C20H21N3O5. The molecule has 2 amide bonds. The van der Waals surface area contributed by atoms with Crippen LogP contribution in [0.15, 0.2) is 48.5 Å². The summed E-state index contributed by atoms with van der Waals surface area (Å²) in [5.74, 6) is 0.0539.